The van der Waals surface area contributed by atoms with E-state index in [4.69, 9.17) is 0 Å². The van der Waals surface area contributed by atoms with Crippen molar-refractivity contribution in [2.75, 3.05) is 19.6 Å². The van der Waals surface area contributed by atoms with Crippen LogP contribution in [0.25, 0.3) is 21.7 Å². The van der Waals surface area contributed by atoms with Crippen molar-refractivity contribution in [2.45, 2.75) is 26.2 Å². The summed E-state index contributed by atoms with van der Waals surface area (Å²) >= 11 is 0. The van der Waals surface area contributed by atoms with Gasteiger partial charge in [-0.3, -0.25) is 14.6 Å². The van der Waals surface area contributed by atoms with Crippen molar-refractivity contribution in [1.82, 2.24) is 15.2 Å². The number of piperidine rings is 1. The molecule has 1 aliphatic heterocycles. The number of amides is 2. The minimum absolute atomic E-state index is 0.00173. The molecule has 2 aromatic carbocycles. The first-order valence-corrected chi connectivity index (χ1v) is 10.0. The standard InChI is InChI=1S/C23H25N3O2/c1-2-11-25-22(27)16-9-13-26(14-10-16)23(28)20-15-17-6-3-4-7-18(17)19-8-5-12-24-21(19)20/h3-8,12,15-16H,2,9-11,13-14H2,1H3,(H,25,27). The summed E-state index contributed by atoms with van der Waals surface area (Å²) in [7, 11) is 0. The second-order valence-electron chi connectivity index (χ2n) is 7.40. The van der Waals surface area contributed by atoms with Crippen molar-refractivity contribution in [3.63, 3.8) is 0 Å². The molecule has 1 fully saturated rings. The van der Waals surface area contributed by atoms with Crippen molar-refractivity contribution in [3.8, 4) is 0 Å². The molecule has 0 saturated carbocycles. The molecule has 1 N–H and O–H groups in total. The predicted molar refractivity (Wildman–Crippen MR) is 111 cm³/mol. The van der Waals surface area contributed by atoms with Crippen LogP contribution in [0.1, 0.15) is 36.5 Å². The molecule has 2 amide bonds. The Morgan fingerprint density at radius 3 is 2.64 bits per heavy atom. The Balaban J connectivity index is 1.59. The molecule has 144 valence electrons. The maximum Gasteiger partial charge on any atom is 0.256 e. The molecule has 5 nitrogen and oxygen atoms in total. The quantitative estimate of drug-likeness (QED) is 0.706. The minimum atomic E-state index is 0.00173. The average molecular weight is 375 g/mol. The third-order valence-electron chi connectivity index (χ3n) is 5.55. The van der Waals surface area contributed by atoms with Crippen LogP contribution in [0.4, 0.5) is 0 Å². The van der Waals surface area contributed by atoms with Gasteiger partial charge in [-0.25, -0.2) is 0 Å². The molecule has 0 atom stereocenters. The fraction of sp³-hybridized carbons (Fsp3) is 0.348. The van der Waals surface area contributed by atoms with E-state index in [0.29, 0.717) is 38.0 Å². The number of hydrogen-bond donors (Lipinski definition) is 1. The van der Waals surface area contributed by atoms with Crippen LogP contribution in [0, 0.1) is 5.92 Å². The van der Waals surface area contributed by atoms with Crippen LogP contribution in [0.15, 0.2) is 48.7 Å². The summed E-state index contributed by atoms with van der Waals surface area (Å²) in [4.78, 5) is 31.9. The fourth-order valence-corrected chi connectivity index (χ4v) is 4.00. The van der Waals surface area contributed by atoms with Gasteiger partial charge in [0, 0.05) is 37.1 Å². The van der Waals surface area contributed by atoms with Gasteiger partial charge in [0.2, 0.25) is 5.91 Å². The molecule has 0 aliphatic carbocycles. The van der Waals surface area contributed by atoms with Crippen LogP contribution in [-0.2, 0) is 4.79 Å². The monoisotopic (exact) mass is 375 g/mol. The van der Waals surface area contributed by atoms with E-state index < -0.39 is 0 Å². The van der Waals surface area contributed by atoms with Gasteiger partial charge >= 0.3 is 0 Å². The number of nitrogens with one attached hydrogen (secondary N) is 1. The van der Waals surface area contributed by atoms with Gasteiger partial charge in [-0.1, -0.05) is 37.3 Å². The highest BCUT2D eigenvalue weighted by Crippen LogP contribution is 2.29. The first-order chi connectivity index (χ1) is 13.7. The summed E-state index contributed by atoms with van der Waals surface area (Å²) in [6.07, 6.45) is 4.09. The van der Waals surface area contributed by atoms with E-state index in [1.54, 1.807) is 6.20 Å². The van der Waals surface area contributed by atoms with Crippen LogP contribution >= 0.6 is 0 Å². The van der Waals surface area contributed by atoms with E-state index >= 15 is 0 Å². The lowest BCUT2D eigenvalue weighted by atomic mass is 9.94. The van der Waals surface area contributed by atoms with Gasteiger partial charge in [0.1, 0.15) is 0 Å². The highest BCUT2D eigenvalue weighted by atomic mass is 16.2. The Morgan fingerprint density at radius 2 is 1.86 bits per heavy atom. The number of likely N-dealkylation sites (tertiary alicyclic amines) is 1. The van der Waals surface area contributed by atoms with E-state index in [0.717, 1.165) is 28.1 Å². The minimum Gasteiger partial charge on any atom is -0.356 e. The lowest BCUT2D eigenvalue weighted by molar-refractivity contribution is -0.126. The average Bonchev–Trinajstić information content (AvgIpc) is 2.76. The number of benzene rings is 2. The summed E-state index contributed by atoms with van der Waals surface area (Å²) in [6, 6.07) is 14.0. The molecule has 4 rings (SSSR count). The Bertz CT molecular complexity index is 1020. The molecule has 28 heavy (non-hydrogen) atoms. The molecule has 1 saturated heterocycles. The lowest BCUT2D eigenvalue weighted by Gasteiger charge is -2.31. The molecule has 2 heterocycles. The van der Waals surface area contributed by atoms with Gasteiger partial charge in [0.05, 0.1) is 11.1 Å². The lowest BCUT2D eigenvalue weighted by Crippen LogP contribution is -2.43. The van der Waals surface area contributed by atoms with Gasteiger partial charge in [-0.15, -0.1) is 0 Å². The second-order valence-corrected chi connectivity index (χ2v) is 7.40. The number of fused-ring (bicyclic) bond motifs is 3. The Hall–Kier alpha value is -2.95. The molecule has 1 aliphatic rings. The summed E-state index contributed by atoms with van der Waals surface area (Å²) in [5.41, 5.74) is 1.39. The van der Waals surface area contributed by atoms with Gasteiger partial charge in [0.15, 0.2) is 0 Å². The predicted octanol–water partition coefficient (Wildman–Crippen LogP) is 3.77. The van der Waals surface area contributed by atoms with E-state index in [9.17, 15) is 9.59 Å². The Labute approximate surface area is 164 Å². The number of carbonyl (C=O) groups is 2. The maximum atomic E-state index is 13.3. The summed E-state index contributed by atoms with van der Waals surface area (Å²) in [5.74, 6) is 0.121. The maximum absolute atomic E-state index is 13.3. The zero-order valence-corrected chi connectivity index (χ0v) is 16.1. The number of carbonyl (C=O) groups excluding carboxylic acids is 2. The van der Waals surface area contributed by atoms with Gasteiger partial charge in [0.25, 0.3) is 5.91 Å². The number of aromatic nitrogens is 1. The van der Waals surface area contributed by atoms with Crippen LogP contribution in [-0.4, -0.2) is 41.3 Å². The third kappa shape index (κ3) is 3.44. The molecule has 1 aromatic heterocycles. The molecule has 0 radical (unpaired) electrons. The molecule has 0 spiro atoms. The molecule has 3 aromatic rings. The molecular weight excluding hydrogens is 350 g/mol. The van der Waals surface area contributed by atoms with Crippen LogP contribution < -0.4 is 5.32 Å². The second kappa shape index (κ2) is 7.97. The van der Waals surface area contributed by atoms with E-state index in [1.165, 1.54) is 0 Å². The summed E-state index contributed by atoms with van der Waals surface area (Å²) in [5, 5.41) is 6.11. The van der Waals surface area contributed by atoms with Gasteiger partial charge < -0.3 is 10.2 Å². The molecular formula is C23H25N3O2. The van der Waals surface area contributed by atoms with Crippen molar-refractivity contribution in [2.24, 2.45) is 5.92 Å². The van der Waals surface area contributed by atoms with Crippen molar-refractivity contribution >= 4 is 33.5 Å². The number of hydrogen-bond acceptors (Lipinski definition) is 3. The fourth-order valence-electron chi connectivity index (χ4n) is 4.00. The highest BCUT2D eigenvalue weighted by molar-refractivity contribution is 6.15. The number of rotatable bonds is 4. The highest BCUT2D eigenvalue weighted by Gasteiger charge is 2.28. The first kappa shape index (κ1) is 18.4. The van der Waals surface area contributed by atoms with Gasteiger partial charge in [-0.05, 0) is 42.2 Å². The molecule has 5 heteroatoms. The Morgan fingerprint density at radius 1 is 1.11 bits per heavy atom. The smallest absolute Gasteiger partial charge is 0.256 e. The molecule has 0 bridgehead atoms. The summed E-state index contributed by atoms with van der Waals surface area (Å²) in [6.45, 7) is 3.96. The van der Waals surface area contributed by atoms with E-state index in [2.05, 4.69) is 16.4 Å². The van der Waals surface area contributed by atoms with Crippen LogP contribution in [0.3, 0.4) is 0 Å². The summed E-state index contributed by atoms with van der Waals surface area (Å²) < 4.78 is 0. The van der Waals surface area contributed by atoms with Crippen molar-refractivity contribution in [3.05, 3.63) is 54.2 Å². The number of nitrogens with zero attached hydrogens (tertiary/aromatic N) is 2. The first-order valence-electron chi connectivity index (χ1n) is 10.0. The Kier molecular flexibility index (Phi) is 5.24. The van der Waals surface area contributed by atoms with Crippen LogP contribution in [0.5, 0.6) is 0 Å². The molecule has 0 unspecified atom stereocenters. The largest absolute Gasteiger partial charge is 0.356 e. The van der Waals surface area contributed by atoms with E-state index in [1.807, 2.05) is 48.2 Å². The topological polar surface area (TPSA) is 62.3 Å². The van der Waals surface area contributed by atoms with Crippen LogP contribution in [0.2, 0.25) is 0 Å². The normalized spacial score (nSPS) is 15.1. The van der Waals surface area contributed by atoms with E-state index in [-0.39, 0.29) is 17.7 Å². The van der Waals surface area contributed by atoms with Gasteiger partial charge in [-0.2, -0.15) is 0 Å². The third-order valence-corrected chi connectivity index (χ3v) is 5.55. The SMILES string of the molecule is CCCNC(=O)C1CCN(C(=O)c2cc3ccccc3c3cccnc23)CC1. The van der Waals surface area contributed by atoms with Crippen molar-refractivity contribution < 1.29 is 9.59 Å². The zero-order valence-electron chi connectivity index (χ0n) is 16.1. The van der Waals surface area contributed by atoms with Crippen molar-refractivity contribution in [1.29, 1.82) is 0 Å². The number of pyridine rings is 1. The zero-order chi connectivity index (χ0) is 19.5.